The third kappa shape index (κ3) is 6.06. The minimum absolute atomic E-state index is 0.0597. The van der Waals surface area contributed by atoms with E-state index in [0.29, 0.717) is 18.0 Å². The van der Waals surface area contributed by atoms with Gasteiger partial charge < -0.3 is 5.32 Å². The lowest BCUT2D eigenvalue weighted by atomic mass is 9.94. The Morgan fingerprint density at radius 3 is 2.20 bits per heavy atom. The van der Waals surface area contributed by atoms with Gasteiger partial charge in [0.05, 0.1) is 33.2 Å². The molecule has 1 atom stereocenters. The van der Waals surface area contributed by atoms with Gasteiger partial charge in [0.2, 0.25) is 0 Å². The highest BCUT2D eigenvalue weighted by Gasteiger charge is 2.24. The highest BCUT2D eigenvalue weighted by atomic mass is 32.2. The Morgan fingerprint density at radius 2 is 1.51 bits per heavy atom. The van der Waals surface area contributed by atoms with Crippen molar-refractivity contribution in [1.29, 1.82) is 0 Å². The molecule has 0 spiro atoms. The first-order valence-corrected chi connectivity index (χ1v) is 17.0. The number of hydrogen-bond donors (Lipinski definition) is 1. The summed E-state index contributed by atoms with van der Waals surface area (Å²) in [4.78, 5) is 27.5. The summed E-state index contributed by atoms with van der Waals surface area (Å²) < 4.78 is 24.5. The maximum atomic E-state index is 12.6. The van der Waals surface area contributed by atoms with Crippen LogP contribution in [0.1, 0.15) is 35.7 Å². The predicted molar refractivity (Wildman–Crippen MR) is 180 cm³/mol. The summed E-state index contributed by atoms with van der Waals surface area (Å²) in [6.45, 7) is 1.75. The average molecular weight is 613 g/mol. The summed E-state index contributed by atoms with van der Waals surface area (Å²) in [5.74, 6) is -0.0597. The van der Waals surface area contributed by atoms with Crippen LogP contribution in [0, 0.1) is 0 Å². The third-order valence-corrected chi connectivity index (χ3v) is 10.00. The minimum Gasteiger partial charge on any atom is -0.349 e. The number of carbonyl (C=O) groups is 1. The topological polar surface area (TPSA) is 102 Å². The Morgan fingerprint density at radius 1 is 0.822 bits per heavy atom. The molecule has 4 aromatic carbocycles. The van der Waals surface area contributed by atoms with Crippen molar-refractivity contribution in [3.63, 3.8) is 0 Å². The van der Waals surface area contributed by atoms with E-state index in [2.05, 4.69) is 17.4 Å². The van der Waals surface area contributed by atoms with Crippen molar-refractivity contribution in [1.82, 2.24) is 20.3 Å². The first kappa shape index (κ1) is 28.8. The second kappa shape index (κ2) is 11.5. The minimum atomic E-state index is -3.19. The molecule has 224 valence electrons. The maximum Gasteiger partial charge on any atom is 0.251 e. The van der Waals surface area contributed by atoms with Gasteiger partial charge in [-0.25, -0.2) is 18.4 Å². The maximum absolute atomic E-state index is 12.6. The standard InChI is InChI=1S/C37H32N4O3S/c1-23(45(2,43)44)19-24-20-28-9-6-18-38-34(28)31(21-24)27-7-5-8-29(22-27)36-35(40-32-10-3-4-11-33(32)41-36)25-12-14-26(15-13-25)37(42)39-30-16-17-30/h3-15,18,20-23,30H,16-17,19H2,1-2H3,(H,39,42). The molecule has 1 N–H and O–H groups in total. The first-order chi connectivity index (χ1) is 21.7. The van der Waals surface area contributed by atoms with Gasteiger partial charge >= 0.3 is 0 Å². The summed E-state index contributed by atoms with van der Waals surface area (Å²) >= 11 is 0. The molecule has 1 amide bonds. The zero-order chi connectivity index (χ0) is 31.1. The van der Waals surface area contributed by atoms with Gasteiger partial charge in [0.25, 0.3) is 5.91 Å². The molecule has 0 radical (unpaired) electrons. The number of rotatable bonds is 8. The molecule has 1 aliphatic carbocycles. The Bertz CT molecular complexity index is 2190. The molecule has 6 aromatic rings. The van der Waals surface area contributed by atoms with Crippen LogP contribution in [0.5, 0.6) is 0 Å². The molecule has 1 fully saturated rings. The largest absolute Gasteiger partial charge is 0.349 e. The Hall–Kier alpha value is -4.95. The number of hydrogen-bond acceptors (Lipinski definition) is 6. The van der Waals surface area contributed by atoms with Crippen molar-refractivity contribution in [3.05, 3.63) is 114 Å². The highest BCUT2D eigenvalue weighted by Crippen LogP contribution is 2.36. The highest BCUT2D eigenvalue weighted by molar-refractivity contribution is 7.91. The number of pyridine rings is 1. The fourth-order valence-electron chi connectivity index (χ4n) is 5.59. The summed E-state index contributed by atoms with van der Waals surface area (Å²) in [6.07, 6.45) is 5.54. The van der Waals surface area contributed by atoms with Crippen LogP contribution in [0.4, 0.5) is 0 Å². The normalized spacial score (nSPS) is 14.0. The molecule has 1 aliphatic rings. The fraction of sp³-hybridized carbons (Fsp3) is 0.189. The smallest absolute Gasteiger partial charge is 0.251 e. The lowest BCUT2D eigenvalue weighted by Gasteiger charge is -2.15. The number of para-hydroxylation sites is 2. The van der Waals surface area contributed by atoms with E-state index in [-0.39, 0.29) is 5.91 Å². The van der Waals surface area contributed by atoms with Gasteiger partial charge in [0.15, 0.2) is 0 Å². The van der Waals surface area contributed by atoms with Gasteiger partial charge in [-0.1, -0.05) is 48.5 Å². The molecule has 8 heteroatoms. The van der Waals surface area contributed by atoms with Crippen molar-refractivity contribution in [2.75, 3.05) is 6.26 Å². The second-order valence-electron chi connectivity index (χ2n) is 11.9. The molecule has 0 saturated heterocycles. The number of nitrogens with one attached hydrogen (secondary N) is 1. The van der Waals surface area contributed by atoms with Crippen molar-refractivity contribution in [2.24, 2.45) is 0 Å². The van der Waals surface area contributed by atoms with Crippen LogP contribution in [0.2, 0.25) is 0 Å². The lowest BCUT2D eigenvalue weighted by Crippen LogP contribution is -2.25. The van der Waals surface area contributed by atoms with E-state index in [4.69, 9.17) is 15.0 Å². The van der Waals surface area contributed by atoms with E-state index in [0.717, 1.165) is 74.0 Å². The SMILES string of the molecule is CC(Cc1cc(-c2cccc(-c3nc4ccccc4nc3-c3ccc(C(=O)NC4CC4)cc3)c2)c2ncccc2c1)S(C)(=O)=O. The summed E-state index contributed by atoms with van der Waals surface area (Å²) in [7, 11) is -3.19. The molecule has 1 saturated carbocycles. The summed E-state index contributed by atoms with van der Waals surface area (Å²) in [5, 5.41) is 3.49. The number of sulfone groups is 1. The molecule has 0 bridgehead atoms. The summed E-state index contributed by atoms with van der Waals surface area (Å²) in [6, 6.07) is 31.7. The number of amides is 1. The molecule has 7 nitrogen and oxygen atoms in total. The van der Waals surface area contributed by atoms with Gasteiger partial charge in [-0.3, -0.25) is 9.78 Å². The van der Waals surface area contributed by atoms with Crippen molar-refractivity contribution < 1.29 is 13.2 Å². The molecular formula is C37H32N4O3S. The zero-order valence-electron chi connectivity index (χ0n) is 25.1. The Balaban J connectivity index is 1.34. The van der Waals surface area contributed by atoms with E-state index in [1.54, 1.807) is 13.1 Å². The first-order valence-electron chi connectivity index (χ1n) is 15.1. The van der Waals surface area contributed by atoms with Crippen LogP contribution in [0.25, 0.3) is 55.6 Å². The average Bonchev–Trinajstić information content (AvgIpc) is 3.87. The number of benzene rings is 4. The number of fused-ring (bicyclic) bond motifs is 2. The Kier molecular flexibility index (Phi) is 7.37. The van der Waals surface area contributed by atoms with E-state index in [9.17, 15) is 13.2 Å². The lowest BCUT2D eigenvalue weighted by molar-refractivity contribution is 0.0951. The van der Waals surface area contributed by atoms with E-state index < -0.39 is 15.1 Å². The predicted octanol–water partition coefficient (Wildman–Crippen LogP) is 7.05. The molecule has 0 aliphatic heterocycles. The summed E-state index contributed by atoms with van der Waals surface area (Å²) in [5.41, 5.74) is 9.02. The quantitative estimate of drug-likeness (QED) is 0.198. The van der Waals surface area contributed by atoms with Crippen molar-refractivity contribution in [2.45, 2.75) is 37.5 Å². The molecule has 2 heterocycles. The van der Waals surface area contributed by atoms with Gasteiger partial charge in [0, 0.05) is 46.1 Å². The molecular weight excluding hydrogens is 580 g/mol. The van der Waals surface area contributed by atoms with Crippen molar-refractivity contribution in [3.8, 4) is 33.6 Å². The van der Waals surface area contributed by atoms with Crippen LogP contribution in [-0.4, -0.2) is 46.8 Å². The number of carbonyl (C=O) groups excluding carboxylic acids is 1. The third-order valence-electron chi connectivity index (χ3n) is 8.37. The van der Waals surface area contributed by atoms with E-state index in [1.807, 2.05) is 84.9 Å². The van der Waals surface area contributed by atoms with Crippen LogP contribution < -0.4 is 5.32 Å². The number of aromatic nitrogens is 3. The second-order valence-corrected chi connectivity index (χ2v) is 14.3. The van der Waals surface area contributed by atoms with E-state index >= 15 is 0 Å². The fourth-order valence-corrected chi connectivity index (χ4v) is 6.08. The number of nitrogens with zero attached hydrogens (tertiary/aromatic N) is 3. The molecule has 1 unspecified atom stereocenters. The van der Waals surface area contributed by atoms with Crippen LogP contribution in [-0.2, 0) is 16.3 Å². The van der Waals surface area contributed by atoms with E-state index in [1.165, 1.54) is 6.26 Å². The molecule has 7 rings (SSSR count). The van der Waals surface area contributed by atoms with Crippen LogP contribution in [0.3, 0.4) is 0 Å². The monoisotopic (exact) mass is 612 g/mol. The molecule has 2 aromatic heterocycles. The van der Waals surface area contributed by atoms with Gasteiger partial charge in [-0.2, -0.15) is 0 Å². The van der Waals surface area contributed by atoms with Crippen LogP contribution >= 0.6 is 0 Å². The van der Waals surface area contributed by atoms with Crippen LogP contribution in [0.15, 0.2) is 103 Å². The van der Waals surface area contributed by atoms with Gasteiger partial charge in [-0.15, -0.1) is 0 Å². The van der Waals surface area contributed by atoms with Gasteiger partial charge in [-0.05, 0) is 85.8 Å². The van der Waals surface area contributed by atoms with Gasteiger partial charge in [0.1, 0.15) is 9.84 Å². The molecule has 45 heavy (non-hydrogen) atoms. The zero-order valence-corrected chi connectivity index (χ0v) is 25.9. The Labute approximate surface area is 262 Å². The van der Waals surface area contributed by atoms with Crippen molar-refractivity contribution >= 4 is 37.7 Å².